The first-order chi connectivity index (χ1) is 6.77. The third kappa shape index (κ3) is 2.30. The minimum atomic E-state index is 0.296. The van der Waals surface area contributed by atoms with Crippen LogP contribution in [0.1, 0.15) is 6.42 Å². The van der Waals surface area contributed by atoms with Crippen molar-refractivity contribution >= 4 is 31.9 Å². The fraction of sp³-hybridized carbons (Fsp3) is 0.400. The van der Waals surface area contributed by atoms with Crippen molar-refractivity contribution in [3.05, 3.63) is 27.1 Å². The molecule has 1 fully saturated rings. The first-order valence-corrected chi connectivity index (χ1v) is 6.17. The normalized spacial score (nSPS) is 21.1. The van der Waals surface area contributed by atoms with Gasteiger partial charge in [-0.25, -0.2) is 0 Å². The summed E-state index contributed by atoms with van der Waals surface area (Å²) in [6.45, 7) is 1.99. The van der Waals surface area contributed by atoms with Gasteiger partial charge in [-0.05, 0) is 57.0 Å². The molecule has 0 radical (unpaired) electrons. The zero-order valence-corrected chi connectivity index (χ0v) is 10.8. The number of rotatable bonds is 2. The summed E-state index contributed by atoms with van der Waals surface area (Å²) in [7, 11) is 0. The van der Waals surface area contributed by atoms with Crippen LogP contribution < -0.4 is 10.1 Å². The van der Waals surface area contributed by atoms with Gasteiger partial charge in [-0.2, -0.15) is 0 Å². The molecule has 2 rings (SSSR count). The number of hydrogen-bond acceptors (Lipinski definition) is 2. The van der Waals surface area contributed by atoms with Crippen LogP contribution in [0.15, 0.2) is 27.1 Å². The van der Waals surface area contributed by atoms with Gasteiger partial charge in [-0.3, -0.25) is 0 Å². The number of hydrogen-bond donors (Lipinski definition) is 1. The number of ether oxygens (including phenoxy) is 1. The average molecular weight is 321 g/mol. The van der Waals surface area contributed by atoms with E-state index < -0.39 is 0 Å². The molecule has 2 nitrogen and oxygen atoms in total. The third-order valence-corrected chi connectivity index (χ3v) is 3.47. The lowest BCUT2D eigenvalue weighted by Gasteiger charge is -2.15. The van der Waals surface area contributed by atoms with E-state index in [2.05, 4.69) is 37.2 Å². The van der Waals surface area contributed by atoms with Gasteiger partial charge in [0.05, 0.1) is 8.95 Å². The predicted octanol–water partition coefficient (Wildman–Crippen LogP) is 2.95. The second kappa shape index (κ2) is 4.64. The number of para-hydroxylation sites is 1. The molecule has 1 saturated heterocycles. The highest BCUT2D eigenvalue weighted by molar-refractivity contribution is 9.11. The van der Waals surface area contributed by atoms with Crippen LogP contribution in [-0.2, 0) is 0 Å². The molecule has 1 heterocycles. The summed E-state index contributed by atoms with van der Waals surface area (Å²) in [6, 6.07) is 5.96. The van der Waals surface area contributed by atoms with E-state index in [0.29, 0.717) is 6.10 Å². The van der Waals surface area contributed by atoms with Crippen LogP contribution in [0.5, 0.6) is 5.75 Å². The summed E-state index contributed by atoms with van der Waals surface area (Å²) < 4.78 is 7.88. The monoisotopic (exact) mass is 319 g/mol. The Labute approximate surface area is 100 Å². The smallest absolute Gasteiger partial charge is 0.148 e. The molecular formula is C10H11Br2NO. The molecule has 4 heteroatoms. The Hall–Kier alpha value is -0.0600. The van der Waals surface area contributed by atoms with Gasteiger partial charge in [-0.15, -0.1) is 0 Å². The maximum absolute atomic E-state index is 5.88. The summed E-state index contributed by atoms with van der Waals surface area (Å²) in [5.74, 6) is 0.904. The highest BCUT2D eigenvalue weighted by Gasteiger charge is 2.18. The molecule has 0 bridgehead atoms. The van der Waals surface area contributed by atoms with Crippen LogP contribution in [0.25, 0.3) is 0 Å². The highest BCUT2D eigenvalue weighted by Crippen LogP contribution is 2.34. The molecule has 1 aliphatic rings. The minimum Gasteiger partial charge on any atom is -0.487 e. The van der Waals surface area contributed by atoms with Crippen LogP contribution in [0, 0.1) is 0 Å². The minimum absolute atomic E-state index is 0.296. The summed E-state index contributed by atoms with van der Waals surface area (Å²) in [4.78, 5) is 0. The third-order valence-electron chi connectivity index (χ3n) is 2.22. The van der Waals surface area contributed by atoms with E-state index in [1.165, 1.54) is 0 Å². The average Bonchev–Trinajstić information content (AvgIpc) is 2.64. The van der Waals surface area contributed by atoms with Crippen molar-refractivity contribution in [1.82, 2.24) is 5.32 Å². The zero-order chi connectivity index (χ0) is 9.97. The fourth-order valence-corrected chi connectivity index (χ4v) is 2.68. The van der Waals surface area contributed by atoms with Crippen molar-refractivity contribution in [1.29, 1.82) is 0 Å². The Balaban J connectivity index is 2.14. The largest absolute Gasteiger partial charge is 0.487 e. The number of halogens is 2. The van der Waals surface area contributed by atoms with Crippen molar-refractivity contribution in [2.75, 3.05) is 13.1 Å². The van der Waals surface area contributed by atoms with Crippen LogP contribution in [-0.4, -0.2) is 19.2 Å². The topological polar surface area (TPSA) is 21.3 Å². The molecule has 0 aromatic heterocycles. The van der Waals surface area contributed by atoms with Crippen molar-refractivity contribution in [3.8, 4) is 5.75 Å². The summed E-state index contributed by atoms with van der Waals surface area (Å²) in [5, 5.41) is 3.28. The second-order valence-electron chi connectivity index (χ2n) is 3.28. The Bertz CT molecular complexity index is 304. The number of nitrogens with one attached hydrogen (secondary N) is 1. The zero-order valence-electron chi connectivity index (χ0n) is 7.59. The Kier molecular flexibility index (Phi) is 3.47. The van der Waals surface area contributed by atoms with Crippen LogP contribution in [0.2, 0.25) is 0 Å². The van der Waals surface area contributed by atoms with E-state index in [9.17, 15) is 0 Å². The molecule has 0 aliphatic carbocycles. The maximum atomic E-state index is 5.88. The van der Waals surface area contributed by atoms with E-state index >= 15 is 0 Å². The lowest BCUT2D eigenvalue weighted by molar-refractivity contribution is 0.220. The second-order valence-corrected chi connectivity index (χ2v) is 4.99. The quantitative estimate of drug-likeness (QED) is 0.904. The van der Waals surface area contributed by atoms with Crippen LogP contribution in [0.3, 0.4) is 0 Å². The molecule has 1 aliphatic heterocycles. The SMILES string of the molecule is Brc1cccc(Br)c1O[C@H]1CCNC1. The Morgan fingerprint density at radius 1 is 1.29 bits per heavy atom. The standard InChI is InChI=1S/C10H11Br2NO/c11-8-2-1-3-9(12)10(8)14-7-4-5-13-6-7/h1-3,7,13H,4-6H2/t7-/m0/s1. The van der Waals surface area contributed by atoms with Gasteiger partial charge >= 0.3 is 0 Å². The molecule has 1 N–H and O–H groups in total. The molecule has 76 valence electrons. The van der Waals surface area contributed by atoms with Crippen molar-refractivity contribution in [2.45, 2.75) is 12.5 Å². The molecule has 1 aromatic rings. The lowest BCUT2D eigenvalue weighted by Crippen LogP contribution is -2.19. The first kappa shape index (κ1) is 10.5. The van der Waals surface area contributed by atoms with Gasteiger partial charge < -0.3 is 10.1 Å². The highest BCUT2D eigenvalue weighted by atomic mass is 79.9. The van der Waals surface area contributed by atoms with Gasteiger partial charge in [0, 0.05) is 6.54 Å². The number of benzene rings is 1. The summed E-state index contributed by atoms with van der Waals surface area (Å²) in [5.41, 5.74) is 0. The van der Waals surface area contributed by atoms with Gasteiger partial charge in [0.1, 0.15) is 11.9 Å². The van der Waals surface area contributed by atoms with Gasteiger partial charge in [-0.1, -0.05) is 6.07 Å². The Morgan fingerprint density at radius 2 is 2.00 bits per heavy atom. The Morgan fingerprint density at radius 3 is 2.57 bits per heavy atom. The van der Waals surface area contributed by atoms with Gasteiger partial charge in [0.2, 0.25) is 0 Å². The van der Waals surface area contributed by atoms with Gasteiger partial charge in [0.25, 0.3) is 0 Å². The van der Waals surface area contributed by atoms with Crippen molar-refractivity contribution in [2.24, 2.45) is 0 Å². The lowest BCUT2D eigenvalue weighted by atomic mass is 10.3. The molecular weight excluding hydrogens is 310 g/mol. The molecule has 0 unspecified atom stereocenters. The van der Waals surface area contributed by atoms with Crippen LogP contribution >= 0.6 is 31.9 Å². The summed E-state index contributed by atoms with van der Waals surface area (Å²) in [6.07, 6.45) is 1.37. The fourth-order valence-electron chi connectivity index (χ4n) is 1.49. The molecule has 1 aromatic carbocycles. The van der Waals surface area contributed by atoms with Crippen molar-refractivity contribution in [3.63, 3.8) is 0 Å². The molecule has 1 atom stereocenters. The molecule has 14 heavy (non-hydrogen) atoms. The molecule has 0 saturated carbocycles. The summed E-state index contributed by atoms with van der Waals surface area (Å²) >= 11 is 6.96. The van der Waals surface area contributed by atoms with E-state index in [1.54, 1.807) is 0 Å². The first-order valence-electron chi connectivity index (χ1n) is 4.59. The van der Waals surface area contributed by atoms with Gasteiger partial charge in [0.15, 0.2) is 0 Å². The van der Waals surface area contributed by atoms with Crippen molar-refractivity contribution < 1.29 is 4.74 Å². The predicted molar refractivity (Wildman–Crippen MR) is 63.7 cm³/mol. The maximum Gasteiger partial charge on any atom is 0.148 e. The van der Waals surface area contributed by atoms with E-state index in [4.69, 9.17) is 4.74 Å². The van der Waals surface area contributed by atoms with E-state index in [-0.39, 0.29) is 0 Å². The van der Waals surface area contributed by atoms with E-state index in [1.807, 2.05) is 18.2 Å². The molecule has 0 amide bonds. The molecule has 0 spiro atoms. The van der Waals surface area contributed by atoms with Crippen LogP contribution in [0.4, 0.5) is 0 Å². The van der Waals surface area contributed by atoms with E-state index in [0.717, 1.165) is 34.2 Å².